The molecule has 2 heterocycles. The van der Waals surface area contributed by atoms with Gasteiger partial charge in [-0.25, -0.2) is 0 Å². The van der Waals surface area contributed by atoms with Crippen LogP contribution in [0.25, 0.3) is 0 Å². The minimum Gasteiger partial charge on any atom is -0.497 e. The Morgan fingerprint density at radius 1 is 1.25 bits per heavy atom. The largest absolute Gasteiger partial charge is 0.497 e. The van der Waals surface area contributed by atoms with Crippen molar-refractivity contribution in [3.8, 4) is 5.75 Å². The molecule has 128 valence electrons. The summed E-state index contributed by atoms with van der Waals surface area (Å²) in [4.78, 5) is 18.8. The maximum atomic E-state index is 12.4. The van der Waals surface area contributed by atoms with E-state index in [1.54, 1.807) is 7.11 Å². The topological polar surface area (TPSA) is 68.5 Å². The van der Waals surface area contributed by atoms with Crippen LogP contribution < -0.4 is 4.74 Å². The minimum absolute atomic E-state index is 0.000830. The Kier molecular flexibility index (Phi) is 4.55. The highest BCUT2D eigenvalue weighted by atomic mass is 16.5. The molecule has 1 saturated heterocycles. The first-order valence-electron chi connectivity index (χ1n) is 8.26. The summed E-state index contributed by atoms with van der Waals surface area (Å²) in [6, 6.07) is 7.82. The summed E-state index contributed by atoms with van der Waals surface area (Å²) in [5.74, 6) is 2.37. The maximum Gasteiger partial charge on any atom is 0.232 e. The van der Waals surface area contributed by atoms with Gasteiger partial charge in [0.2, 0.25) is 11.8 Å². The van der Waals surface area contributed by atoms with Gasteiger partial charge in [-0.3, -0.25) is 4.79 Å². The van der Waals surface area contributed by atoms with E-state index in [0.717, 1.165) is 11.3 Å². The molecule has 2 unspecified atom stereocenters. The van der Waals surface area contributed by atoms with Crippen LogP contribution in [0.5, 0.6) is 5.75 Å². The lowest BCUT2D eigenvalue weighted by atomic mass is 10.1. The van der Waals surface area contributed by atoms with Crippen LogP contribution in [0.3, 0.4) is 0 Å². The number of benzene rings is 1. The normalized spacial score (nSPS) is 19.1. The Balaban J connectivity index is 1.73. The summed E-state index contributed by atoms with van der Waals surface area (Å²) in [6.07, 6.45) is 0.417. The van der Waals surface area contributed by atoms with Gasteiger partial charge in [-0.15, -0.1) is 0 Å². The molecule has 2 aromatic rings. The van der Waals surface area contributed by atoms with E-state index in [1.165, 1.54) is 0 Å². The molecule has 6 nitrogen and oxygen atoms in total. The molecule has 1 fully saturated rings. The van der Waals surface area contributed by atoms with Gasteiger partial charge in [0.1, 0.15) is 5.75 Å². The first-order valence-corrected chi connectivity index (χ1v) is 8.26. The number of rotatable bonds is 5. The number of nitrogens with zero attached hydrogens (tertiary/aromatic N) is 3. The number of methoxy groups -OCH3 is 1. The third-order valence-electron chi connectivity index (χ3n) is 4.55. The predicted octanol–water partition coefficient (Wildman–Crippen LogP) is 3.28. The third-order valence-corrected chi connectivity index (χ3v) is 4.55. The van der Waals surface area contributed by atoms with E-state index in [0.29, 0.717) is 24.7 Å². The van der Waals surface area contributed by atoms with Crippen molar-refractivity contribution >= 4 is 5.91 Å². The van der Waals surface area contributed by atoms with E-state index in [2.05, 4.69) is 10.1 Å². The molecule has 1 aliphatic rings. The van der Waals surface area contributed by atoms with Crippen LogP contribution in [0.4, 0.5) is 0 Å². The van der Waals surface area contributed by atoms with Gasteiger partial charge in [-0.2, -0.15) is 4.98 Å². The zero-order valence-corrected chi connectivity index (χ0v) is 14.5. The monoisotopic (exact) mass is 329 g/mol. The highest BCUT2D eigenvalue weighted by Crippen LogP contribution is 2.34. The molecule has 1 aromatic heterocycles. The van der Waals surface area contributed by atoms with Gasteiger partial charge < -0.3 is 14.2 Å². The van der Waals surface area contributed by atoms with Crippen LogP contribution in [0.1, 0.15) is 62.3 Å². The van der Waals surface area contributed by atoms with E-state index < -0.39 is 0 Å². The number of amides is 1. The molecular formula is C18H23N3O3. The Bertz CT molecular complexity index is 709. The molecule has 1 aliphatic heterocycles. The highest BCUT2D eigenvalue weighted by Gasteiger charge is 2.37. The van der Waals surface area contributed by atoms with E-state index >= 15 is 0 Å². The summed E-state index contributed by atoms with van der Waals surface area (Å²) in [5, 5.41) is 4.00. The number of hydrogen-bond acceptors (Lipinski definition) is 5. The second-order valence-electron chi connectivity index (χ2n) is 6.54. The molecule has 0 radical (unpaired) electrons. The summed E-state index contributed by atoms with van der Waals surface area (Å²) < 4.78 is 10.5. The minimum atomic E-state index is -0.0294. The average molecular weight is 329 g/mol. The van der Waals surface area contributed by atoms with E-state index in [-0.39, 0.29) is 23.8 Å². The predicted molar refractivity (Wildman–Crippen MR) is 88.9 cm³/mol. The van der Waals surface area contributed by atoms with Gasteiger partial charge in [0, 0.05) is 18.9 Å². The fraction of sp³-hybridized carbons (Fsp3) is 0.500. The summed E-state index contributed by atoms with van der Waals surface area (Å²) in [7, 11) is 1.64. The van der Waals surface area contributed by atoms with Crippen molar-refractivity contribution in [1.82, 2.24) is 15.0 Å². The van der Waals surface area contributed by atoms with Crippen LogP contribution in [-0.2, 0) is 4.79 Å². The Hall–Kier alpha value is -2.37. The average Bonchev–Trinajstić information content (AvgIpc) is 3.21. The summed E-state index contributed by atoms with van der Waals surface area (Å²) in [5.41, 5.74) is 1.08. The molecule has 24 heavy (non-hydrogen) atoms. The second kappa shape index (κ2) is 6.63. The molecule has 2 atom stereocenters. The molecule has 0 spiro atoms. The molecule has 0 aliphatic carbocycles. The SMILES string of the molecule is COc1ccc(C(C)N2CC(c3nc(C(C)C)no3)CC2=O)cc1. The highest BCUT2D eigenvalue weighted by molar-refractivity contribution is 5.80. The first kappa shape index (κ1) is 16.5. The number of aromatic nitrogens is 2. The van der Waals surface area contributed by atoms with Crippen molar-refractivity contribution in [1.29, 1.82) is 0 Å². The Labute approximate surface area is 141 Å². The maximum absolute atomic E-state index is 12.4. The molecule has 6 heteroatoms. The summed E-state index contributed by atoms with van der Waals surface area (Å²) >= 11 is 0. The molecule has 0 N–H and O–H groups in total. The zero-order valence-electron chi connectivity index (χ0n) is 14.5. The Morgan fingerprint density at radius 2 is 1.96 bits per heavy atom. The van der Waals surface area contributed by atoms with Crippen LogP contribution in [0.15, 0.2) is 28.8 Å². The smallest absolute Gasteiger partial charge is 0.232 e. The van der Waals surface area contributed by atoms with E-state index in [4.69, 9.17) is 9.26 Å². The lowest BCUT2D eigenvalue weighted by Crippen LogP contribution is -2.28. The van der Waals surface area contributed by atoms with Crippen molar-refractivity contribution < 1.29 is 14.1 Å². The number of carbonyl (C=O) groups is 1. The van der Waals surface area contributed by atoms with Crippen molar-refractivity contribution in [2.75, 3.05) is 13.7 Å². The van der Waals surface area contributed by atoms with Crippen LogP contribution >= 0.6 is 0 Å². The number of ether oxygens (including phenoxy) is 1. The number of carbonyl (C=O) groups excluding carboxylic acids is 1. The van der Waals surface area contributed by atoms with Crippen molar-refractivity contribution in [3.63, 3.8) is 0 Å². The quantitative estimate of drug-likeness (QED) is 0.842. The van der Waals surface area contributed by atoms with Crippen molar-refractivity contribution in [2.45, 2.75) is 45.1 Å². The van der Waals surface area contributed by atoms with Crippen molar-refractivity contribution in [3.05, 3.63) is 41.5 Å². The first-order chi connectivity index (χ1) is 11.5. The van der Waals surface area contributed by atoms with Gasteiger partial charge in [-0.05, 0) is 24.6 Å². The lowest BCUT2D eigenvalue weighted by molar-refractivity contribution is -0.129. The van der Waals surface area contributed by atoms with Gasteiger partial charge in [0.15, 0.2) is 5.82 Å². The molecular weight excluding hydrogens is 306 g/mol. The molecule has 1 aromatic carbocycles. The standard InChI is InChI=1S/C18H23N3O3/c1-11(2)17-19-18(24-20-17)14-9-16(22)21(10-14)12(3)13-5-7-15(23-4)8-6-13/h5-8,11-12,14H,9-10H2,1-4H3. The second-order valence-corrected chi connectivity index (χ2v) is 6.54. The molecule has 0 bridgehead atoms. The fourth-order valence-electron chi connectivity index (χ4n) is 2.98. The molecule has 3 rings (SSSR count). The van der Waals surface area contributed by atoms with Gasteiger partial charge in [-0.1, -0.05) is 31.1 Å². The van der Waals surface area contributed by atoms with E-state index in [1.807, 2.05) is 49.9 Å². The van der Waals surface area contributed by atoms with Crippen LogP contribution in [0, 0.1) is 0 Å². The number of hydrogen-bond donors (Lipinski definition) is 0. The number of likely N-dealkylation sites (tertiary alicyclic amines) is 1. The van der Waals surface area contributed by atoms with E-state index in [9.17, 15) is 4.79 Å². The molecule has 1 amide bonds. The van der Waals surface area contributed by atoms with Crippen LogP contribution in [-0.4, -0.2) is 34.6 Å². The molecule has 0 saturated carbocycles. The van der Waals surface area contributed by atoms with Crippen molar-refractivity contribution in [2.24, 2.45) is 0 Å². The third kappa shape index (κ3) is 3.13. The summed E-state index contributed by atoms with van der Waals surface area (Å²) in [6.45, 7) is 6.68. The van der Waals surface area contributed by atoms with Gasteiger partial charge >= 0.3 is 0 Å². The fourth-order valence-corrected chi connectivity index (χ4v) is 2.98. The lowest BCUT2D eigenvalue weighted by Gasteiger charge is -2.25. The van der Waals surface area contributed by atoms with Crippen LogP contribution in [0.2, 0.25) is 0 Å². The van der Waals surface area contributed by atoms with Gasteiger partial charge in [0.25, 0.3) is 0 Å². The van der Waals surface area contributed by atoms with Gasteiger partial charge in [0.05, 0.1) is 19.1 Å². The Morgan fingerprint density at radius 3 is 2.54 bits per heavy atom. The zero-order chi connectivity index (χ0) is 17.3.